The SMILES string of the molecule is c1ccc(-c2nnc(CNn3cccc3)o2)cc1. The number of rotatable bonds is 4. The van der Waals surface area contributed by atoms with Gasteiger partial charge in [-0.25, -0.2) is 0 Å². The standard InChI is InChI=1S/C13H12N4O/c1-2-6-11(7-3-1)13-16-15-12(18-13)10-14-17-8-4-5-9-17/h1-9,14H,10H2. The van der Waals surface area contributed by atoms with E-state index in [2.05, 4.69) is 15.6 Å². The molecule has 0 spiro atoms. The number of benzene rings is 1. The highest BCUT2D eigenvalue weighted by Gasteiger charge is 2.07. The van der Waals surface area contributed by atoms with Crippen LogP contribution in [0.15, 0.2) is 59.3 Å². The van der Waals surface area contributed by atoms with Crippen molar-refractivity contribution in [2.24, 2.45) is 0 Å². The molecular weight excluding hydrogens is 228 g/mol. The van der Waals surface area contributed by atoms with Gasteiger partial charge in [0.05, 0.1) is 0 Å². The van der Waals surface area contributed by atoms with Crippen molar-refractivity contribution in [1.29, 1.82) is 0 Å². The highest BCUT2D eigenvalue weighted by Crippen LogP contribution is 2.16. The highest BCUT2D eigenvalue weighted by atomic mass is 16.4. The van der Waals surface area contributed by atoms with Crippen LogP contribution in [0.2, 0.25) is 0 Å². The molecule has 0 aliphatic rings. The molecule has 5 heteroatoms. The fourth-order valence-corrected chi connectivity index (χ4v) is 1.62. The minimum absolute atomic E-state index is 0.495. The smallest absolute Gasteiger partial charge is 0.247 e. The minimum Gasteiger partial charge on any atom is -0.419 e. The van der Waals surface area contributed by atoms with Crippen molar-refractivity contribution in [3.8, 4) is 11.5 Å². The fraction of sp³-hybridized carbons (Fsp3) is 0.0769. The Morgan fingerprint density at radius 1 is 1.00 bits per heavy atom. The van der Waals surface area contributed by atoms with E-state index in [-0.39, 0.29) is 0 Å². The fourth-order valence-electron chi connectivity index (χ4n) is 1.62. The first kappa shape index (κ1) is 10.6. The third-order valence-corrected chi connectivity index (χ3v) is 2.50. The summed E-state index contributed by atoms with van der Waals surface area (Å²) < 4.78 is 7.41. The van der Waals surface area contributed by atoms with Crippen LogP contribution in [0, 0.1) is 0 Å². The number of nitrogens with one attached hydrogen (secondary N) is 1. The minimum atomic E-state index is 0.495. The van der Waals surface area contributed by atoms with Crippen LogP contribution in [-0.4, -0.2) is 14.9 Å². The van der Waals surface area contributed by atoms with Gasteiger partial charge in [-0.2, -0.15) is 0 Å². The molecule has 2 aromatic heterocycles. The molecule has 0 unspecified atom stereocenters. The van der Waals surface area contributed by atoms with E-state index >= 15 is 0 Å². The van der Waals surface area contributed by atoms with Gasteiger partial charge in [-0.3, -0.25) is 4.68 Å². The van der Waals surface area contributed by atoms with Gasteiger partial charge in [0.1, 0.15) is 6.54 Å². The molecular formula is C13H12N4O. The van der Waals surface area contributed by atoms with Crippen molar-refractivity contribution in [3.05, 3.63) is 60.7 Å². The first-order valence-electron chi connectivity index (χ1n) is 5.66. The first-order valence-corrected chi connectivity index (χ1v) is 5.66. The summed E-state index contributed by atoms with van der Waals surface area (Å²) in [5.74, 6) is 1.10. The lowest BCUT2D eigenvalue weighted by Crippen LogP contribution is -2.11. The lowest BCUT2D eigenvalue weighted by molar-refractivity contribution is 0.506. The van der Waals surface area contributed by atoms with Crippen LogP contribution < -0.4 is 5.43 Å². The van der Waals surface area contributed by atoms with Gasteiger partial charge < -0.3 is 9.84 Å². The van der Waals surface area contributed by atoms with E-state index in [1.807, 2.05) is 59.5 Å². The quantitative estimate of drug-likeness (QED) is 0.760. The van der Waals surface area contributed by atoms with Crippen LogP contribution in [0.1, 0.15) is 5.89 Å². The summed E-state index contributed by atoms with van der Waals surface area (Å²) in [5, 5.41) is 8.02. The summed E-state index contributed by atoms with van der Waals surface area (Å²) >= 11 is 0. The lowest BCUT2D eigenvalue weighted by Gasteiger charge is -2.02. The average Bonchev–Trinajstić information content (AvgIpc) is 3.09. The Morgan fingerprint density at radius 3 is 2.56 bits per heavy atom. The molecule has 1 N–H and O–H groups in total. The van der Waals surface area contributed by atoms with Crippen molar-refractivity contribution in [1.82, 2.24) is 14.9 Å². The number of hydrogen-bond acceptors (Lipinski definition) is 4. The molecule has 0 saturated carbocycles. The van der Waals surface area contributed by atoms with Gasteiger partial charge in [0.25, 0.3) is 0 Å². The molecule has 5 nitrogen and oxygen atoms in total. The molecule has 0 fully saturated rings. The molecule has 90 valence electrons. The van der Waals surface area contributed by atoms with Gasteiger partial charge >= 0.3 is 0 Å². The van der Waals surface area contributed by atoms with E-state index in [9.17, 15) is 0 Å². The number of nitrogens with zero attached hydrogens (tertiary/aromatic N) is 3. The zero-order chi connectivity index (χ0) is 12.2. The molecule has 0 aliphatic heterocycles. The molecule has 0 atom stereocenters. The van der Waals surface area contributed by atoms with Crippen molar-refractivity contribution in [2.75, 3.05) is 5.43 Å². The number of aromatic nitrogens is 3. The Balaban J connectivity index is 1.70. The van der Waals surface area contributed by atoms with Gasteiger partial charge in [0.2, 0.25) is 11.8 Å². The first-order chi connectivity index (χ1) is 8.92. The molecule has 1 aromatic carbocycles. The van der Waals surface area contributed by atoms with E-state index in [0.717, 1.165) is 5.56 Å². The van der Waals surface area contributed by atoms with Crippen molar-refractivity contribution in [2.45, 2.75) is 6.54 Å². The molecule has 3 rings (SSSR count). The van der Waals surface area contributed by atoms with Crippen LogP contribution in [0.4, 0.5) is 0 Å². The summed E-state index contributed by atoms with van der Waals surface area (Å²) in [7, 11) is 0. The third kappa shape index (κ3) is 2.24. The maximum absolute atomic E-state index is 5.57. The van der Waals surface area contributed by atoms with Gasteiger partial charge in [-0.05, 0) is 24.3 Å². The Morgan fingerprint density at radius 2 is 1.78 bits per heavy atom. The van der Waals surface area contributed by atoms with E-state index < -0.39 is 0 Å². The van der Waals surface area contributed by atoms with Gasteiger partial charge in [0.15, 0.2) is 0 Å². The van der Waals surface area contributed by atoms with Crippen LogP contribution in [-0.2, 0) is 6.54 Å². The van der Waals surface area contributed by atoms with Crippen molar-refractivity contribution >= 4 is 0 Å². The van der Waals surface area contributed by atoms with E-state index in [0.29, 0.717) is 18.3 Å². The predicted molar refractivity (Wildman–Crippen MR) is 67.2 cm³/mol. The van der Waals surface area contributed by atoms with E-state index in [4.69, 9.17) is 4.42 Å². The second kappa shape index (κ2) is 4.75. The lowest BCUT2D eigenvalue weighted by atomic mass is 10.2. The maximum atomic E-state index is 5.57. The monoisotopic (exact) mass is 240 g/mol. The van der Waals surface area contributed by atoms with Gasteiger partial charge in [-0.1, -0.05) is 18.2 Å². The van der Waals surface area contributed by atoms with Gasteiger partial charge in [0, 0.05) is 18.0 Å². The van der Waals surface area contributed by atoms with Crippen molar-refractivity contribution in [3.63, 3.8) is 0 Å². The Kier molecular flexibility index (Phi) is 2.79. The predicted octanol–water partition coefficient (Wildman–Crippen LogP) is 2.28. The Labute approximate surface area is 104 Å². The molecule has 0 aliphatic carbocycles. The van der Waals surface area contributed by atoms with Crippen LogP contribution in [0.5, 0.6) is 0 Å². The summed E-state index contributed by atoms with van der Waals surface area (Å²) in [5.41, 5.74) is 4.05. The van der Waals surface area contributed by atoms with Crippen LogP contribution in [0.3, 0.4) is 0 Å². The molecule has 0 radical (unpaired) electrons. The molecule has 0 amide bonds. The zero-order valence-electron chi connectivity index (χ0n) is 9.65. The largest absolute Gasteiger partial charge is 0.419 e. The zero-order valence-corrected chi connectivity index (χ0v) is 9.65. The normalized spacial score (nSPS) is 10.4. The van der Waals surface area contributed by atoms with E-state index in [1.54, 1.807) is 0 Å². The molecule has 18 heavy (non-hydrogen) atoms. The highest BCUT2D eigenvalue weighted by molar-refractivity contribution is 5.51. The summed E-state index contributed by atoms with van der Waals surface area (Å²) in [6.07, 6.45) is 3.82. The average molecular weight is 240 g/mol. The Bertz CT molecular complexity index is 601. The molecule has 2 heterocycles. The van der Waals surface area contributed by atoms with Crippen molar-refractivity contribution < 1.29 is 4.42 Å². The second-order valence-electron chi connectivity index (χ2n) is 3.79. The molecule has 0 bridgehead atoms. The summed E-state index contributed by atoms with van der Waals surface area (Å²) in [4.78, 5) is 0. The summed E-state index contributed by atoms with van der Waals surface area (Å²) in [6.45, 7) is 0.495. The topological polar surface area (TPSA) is 55.9 Å². The van der Waals surface area contributed by atoms with Crippen LogP contribution in [0.25, 0.3) is 11.5 Å². The number of hydrogen-bond donors (Lipinski definition) is 1. The summed E-state index contributed by atoms with van der Waals surface area (Å²) in [6, 6.07) is 13.6. The second-order valence-corrected chi connectivity index (χ2v) is 3.79. The van der Waals surface area contributed by atoms with Gasteiger partial charge in [-0.15, -0.1) is 10.2 Å². The van der Waals surface area contributed by atoms with Crippen LogP contribution >= 0.6 is 0 Å². The molecule has 0 saturated heterocycles. The Hall–Kier alpha value is -2.56. The third-order valence-electron chi connectivity index (χ3n) is 2.50. The molecule has 3 aromatic rings. The van der Waals surface area contributed by atoms with E-state index in [1.165, 1.54) is 0 Å². The maximum Gasteiger partial charge on any atom is 0.247 e.